The highest BCUT2D eigenvalue weighted by Crippen LogP contribution is 2.42. The number of nitrogens with one attached hydrogen (secondary N) is 1. The molecule has 0 fully saturated rings. The summed E-state index contributed by atoms with van der Waals surface area (Å²) < 4.78 is 46.1. The van der Waals surface area contributed by atoms with Gasteiger partial charge in [-0.2, -0.15) is 18.4 Å². The van der Waals surface area contributed by atoms with Gasteiger partial charge in [0.05, 0.1) is 33.9 Å². The van der Waals surface area contributed by atoms with Crippen LogP contribution in [-0.2, 0) is 6.18 Å². The molecule has 9 rings (SSSR count). The minimum atomic E-state index is -4.58. The van der Waals surface area contributed by atoms with Gasteiger partial charge in [-0.25, -0.2) is 9.98 Å². The molecule has 0 aliphatic carbocycles. The van der Waals surface area contributed by atoms with E-state index in [0.29, 0.717) is 34.0 Å². The van der Waals surface area contributed by atoms with Gasteiger partial charge in [-0.05, 0) is 64.7 Å². The summed E-state index contributed by atoms with van der Waals surface area (Å²) in [7, 11) is 0. The maximum Gasteiger partial charge on any atom is 0.417 e. The summed E-state index contributed by atoms with van der Waals surface area (Å²) in [5.74, 6) is 1.09. The zero-order valence-corrected chi connectivity index (χ0v) is 29.2. The number of amidine groups is 2. The number of nitriles is 1. The van der Waals surface area contributed by atoms with E-state index in [1.807, 2.05) is 126 Å². The molecular weight excluding hydrogens is 692 g/mol. The van der Waals surface area contributed by atoms with Crippen LogP contribution in [0.4, 0.5) is 13.2 Å². The summed E-state index contributed by atoms with van der Waals surface area (Å²) in [4.78, 5) is 9.98. The fraction of sp³-hybridized carbons (Fsp3) is 0.0426. The van der Waals surface area contributed by atoms with Crippen LogP contribution in [0, 0.1) is 11.3 Å². The van der Waals surface area contributed by atoms with Gasteiger partial charge in [-0.1, -0.05) is 127 Å². The van der Waals surface area contributed by atoms with E-state index in [0.717, 1.165) is 50.1 Å². The molecule has 1 aliphatic heterocycles. The standard InChI is InChI=1S/C47H30F3N5/c48-47(49,50)40-17-9-7-15-36(40)38-25-23-35(46-53-44(32-11-3-1-4-12-32)52-45(54-46)33-13-5-2-6-14-33)28-43(38)55-41-18-10-8-16-37(41)39-27-34(24-26-42(39)55)31-21-19-30(29-51)20-22-31/h1-28,44H,(H,52,53,54). The lowest BCUT2D eigenvalue weighted by atomic mass is 9.95. The third-order valence-corrected chi connectivity index (χ3v) is 9.94. The number of para-hydroxylation sites is 1. The lowest BCUT2D eigenvalue weighted by Gasteiger charge is -2.25. The molecular formula is C47H30F3N5. The van der Waals surface area contributed by atoms with Crippen molar-refractivity contribution in [2.75, 3.05) is 0 Å². The van der Waals surface area contributed by atoms with E-state index in [4.69, 9.17) is 9.98 Å². The maximum atomic E-state index is 14.7. The second kappa shape index (κ2) is 13.6. The first kappa shape index (κ1) is 33.6. The summed E-state index contributed by atoms with van der Waals surface area (Å²) in [6.07, 6.45) is -5.03. The van der Waals surface area contributed by atoms with Gasteiger partial charge in [0.2, 0.25) is 0 Å². The van der Waals surface area contributed by atoms with Crippen LogP contribution in [0.3, 0.4) is 0 Å². The minimum Gasteiger partial charge on any atom is -0.344 e. The molecule has 8 aromatic rings. The zero-order valence-electron chi connectivity index (χ0n) is 29.2. The van der Waals surface area contributed by atoms with Crippen LogP contribution in [0.15, 0.2) is 180 Å². The third-order valence-electron chi connectivity index (χ3n) is 9.94. The van der Waals surface area contributed by atoms with Crippen LogP contribution in [0.2, 0.25) is 0 Å². The summed E-state index contributed by atoms with van der Waals surface area (Å²) in [6, 6.07) is 54.4. The molecule has 1 unspecified atom stereocenters. The molecule has 264 valence electrons. The molecule has 0 amide bonds. The van der Waals surface area contributed by atoms with Gasteiger partial charge in [0.15, 0.2) is 5.84 Å². The highest BCUT2D eigenvalue weighted by Gasteiger charge is 2.34. The molecule has 1 atom stereocenters. The normalized spacial score (nSPS) is 14.3. The Balaban J connectivity index is 1.29. The van der Waals surface area contributed by atoms with E-state index in [1.54, 1.807) is 24.3 Å². The number of fused-ring (bicyclic) bond motifs is 3. The zero-order chi connectivity index (χ0) is 37.5. The molecule has 55 heavy (non-hydrogen) atoms. The summed E-state index contributed by atoms with van der Waals surface area (Å²) in [5, 5.41) is 14.7. The Bertz CT molecular complexity index is 2830. The average molecular weight is 722 g/mol. The molecule has 1 aliphatic rings. The average Bonchev–Trinajstić information content (AvgIpc) is 3.57. The third kappa shape index (κ3) is 6.22. The Labute approximate surface area is 315 Å². The van der Waals surface area contributed by atoms with Crippen molar-refractivity contribution in [3.8, 4) is 34.0 Å². The van der Waals surface area contributed by atoms with Crippen molar-refractivity contribution in [1.82, 2.24) is 9.88 Å². The number of hydrogen-bond acceptors (Lipinski definition) is 4. The quantitative estimate of drug-likeness (QED) is 0.186. The molecule has 0 spiro atoms. The number of alkyl halides is 3. The number of benzene rings is 7. The molecule has 0 saturated heterocycles. The first-order chi connectivity index (χ1) is 26.9. The fourth-order valence-corrected chi connectivity index (χ4v) is 7.32. The van der Waals surface area contributed by atoms with Crippen molar-refractivity contribution in [2.45, 2.75) is 12.3 Å². The molecule has 2 heterocycles. The highest BCUT2D eigenvalue weighted by molar-refractivity contribution is 6.14. The van der Waals surface area contributed by atoms with Gasteiger partial charge < -0.3 is 9.88 Å². The van der Waals surface area contributed by atoms with Crippen molar-refractivity contribution in [3.05, 3.63) is 198 Å². The van der Waals surface area contributed by atoms with Gasteiger partial charge in [0.25, 0.3) is 0 Å². The minimum absolute atomic E-state index is 0.0731. The second-order valence-corrected chi connectivity index (χ2v) is 13.3. The summed E-state index contributed by atoms with van der Waals surface area (Å²) in [5.41, 5.74) is 6.96. The number of aliphatic imine (C=N–C) groups is 2. The topological polar surface area (TPSA) is 65.5 Å². The number of nitrogens with zero attached hydrogens (tertiary/aromatic N) is 4. The number of rotatable bonds is 6. The van der Waals surface area contributed by atoms with Crippen LogP contribution in [0.5, 0.6) is 0 Å². The van der Waals surface area contributed by atoms with E-state index in [9.17, 15) is 18.4 Å². The monoisotopic (exact) mass is 721 g/mol. The fourth-order valence-electron chi connectivity index (χ4n) is 7.32. The summed E-state index contributed by atoms with van der Waals surface area (Å²) >= 11 is 0. The van der Waals surface area contributed by atoms with Crippen molar-refractivity contribution < 1.29 is 13.2 Å². The van der Waals surface area contributed by atoms with Crippen LogP contribution in [0.1, 0.15) is 34.0 Å². The van der Waals surface area contributed by atoms with E-state index >= 15 is 0 Å². The van der Waals surface area contributed by atoms with Crippen molar-refractivity contribution in [3.63, 3.8) is 0 Å². The van der Waals surface area contributed by atoms with E-state index < -0.39 is 17.9 Å². The van der Waals surface area contributed by atoms with Gasteiger partial charge in [-0.3, -0.25) is 0 Å². The lowest BCUT2D eigenvalue weighted by molar-refractivity contribution is -0.137. The largest absolute Gasteiger partial charge is 0.417 e. The highest BCUT2D eigenvalue weighted by atomic mass is 19.4. The van der Waals surface area contributed by atoms with Gasteiger partial charge >= 0.3 is 6.18 Å². The van der Waals surface area contributed by atoms with Crippen LogP contribution >= 0.6 is 0 Å². The Kier molecular flexibility index (Phi) is 8.32. The first-order valence-corrected chi connectivity index (χ1v) is 17.7. The van der Waals surface area contributed by atoms with Crippen LogP contribution in [0.25, 0.3) is 49.7 Å². The van der Waals surface area contributed by atoms with E-state index in [-0.39, 0.29) is 5.56 Å². The Morgan fingerprint density at radius 3 is 2.00 bits per heavy atom. The molecule has 7 aromatic carbocycles. The molecule has 5 nitrogen and oxygen atoms in total. The molecule has 8 heteroatoms. The Morgan fingerprint density at radius 1 is 0.582 bits per heavy atom. The van der Waals surface area contributed by atoms with Crippen molar-refractivity contribution >= 4 is 33.5 Å². The summed E-state index contributed by atoms with van der Waals surface area (Å²) in [6.45, 7) is 0. The van der Waals surface area contributed by atoms with Crippen molar-refractivity contribution in [2.24, 2.45) is 9.98 Å². The van der Waals surface area contributed by atoms with E-state index in [2.05, 4.69) is 17.5 Å². The first-order valence-electron chi connectivity index (χ1n) is 17.7. The predicted molar refractivity (Wildman–Crippen MR) is 213 cm³/mol. The molecule has 0 bridgehead atoms. The predicted octanol–water partition coefficient (Wildman–Crippen LogP) is 11.5. The van der Waals surface area contributed by atoms with Crippen LogP contribution < -0.4 is 5.32 Å². The Morgan fingerprint density at radius 2 is 1.24 bits per heavy atom. The van der Waals surface area contributed by atoms with Gasteiger partial charge in [0.1, 0.15) is 12.0 Å². The lowest BCUT2D eigenvalue weighted by Crippen LogP contribution is -2.33. The van der Waals surface area contributed by atoms with E-state index in [1.165, 1.54) is 12.1 Å². The van der Waals surface area contributed by atoms with Gasteiger partial charge in [0, 0.05) is 27.5 Å². The SMILES string of the molecule is N#Cc1ccc(-c2ccc3c(c2)c2ccccc2n3-c2cc(C3=NC(c4ccccc4)=NC(c4ccccc4)N3)ccc2-c2ccccc2C(F)(F)F)cc1. The molecule has 0 radical (unpaired) electrons. The Hall–Kier alpha value is -7.24. The maximum absolute atomic E-state index is 14.7. The number of hydrogen-bond donors (Lipinski definition) is 1. The van der Waals surface area contributed by atoms with Crippen molar-refractivity contribution in [1.29, 1.82) is 5.26 Å². The van der Waals surface area contributed by atoms with Gasteiger partial charge in [-0.15, -0.1) is 0 Å². The molecule has 1 N–H and O–H groups in total. The number of halogens is 3. The number of aromatic nitrogens is 1. The molecule has 1 aromatic heterocycles. The smallest absolute Gasteiger partial charge is 0.344 e. The second-order valence-electron chi connectivity index (χ2n) is 13.3. The molecule has 0 saturated carbocycles. The van der Waals surface area contributed by atoms with Crippen LogP contribution in [-0.4, -0.2) is 16.2 Å².